The maximum Gasteiger partial charge on any atom is 0.159 e. The topological polar surface area (TPSA) is 49.6 Å². The fraction of sp³-hybridized carbons (Fsp3) is 0.676. The predicted octanol–water partition coefficient (Wildman–Crippen LogP) is 10.1. The predicted molar refractivity (Wildman–Crippen MR) is 154 cm³/mol. The number of hydrogen-bond acceptors (Lipinski definition) is 3. The Bertz CT molecular complexity index is 956. The van der Waals surface area contributed by atoms with Gasteiger partial charge in [-0.25, -0.2) is 9.97 Å². The highest BCUT2D eigenvalue weighted by molar-refractivity contribution is 5.55. The lowest BCUT2D eigenvalue weighted by Gasteiger charge is -2.35. The van der Waals surface area contributed by atoms with Crippen molar-refractivity contribution in [1.29, 1.82) is 5.26 Å². The van der Waals surface area contributed by atoms with E-state index >= 15 is 0 Å². The van der Waals surface area contributed by atoms with Crippen LogP contribution in [0.1, 0.15) is 146 Å². The van der Waals surface area contributed by atoms with Gasteiger partial charge in [0.2, 0.25) is 0 Å². The van der Waals surface area contributed by atoms with Gasteiger partial charge in [-0.1, -0.05) is 89.5 Å². The van der Waals surface area contributed by atoms with Gasteiger partial charge in [-0.05, 0) is 86.7 Å². The zero-order valence-electron chi connectivity index (χ0n) is 23.6. The first-order chi connectivity index (χ1) is 18.2. The van der Waals surface area contributed by atoms with E-state index in [1.165, 1.54) is 88.2 Å². The van der Waals surface area contributed by atoms with Crippen LogP contribution in [0.2, 0.25) is 0 Å². The molecule has 0 spiro atoms. The third kappa shape index (κ3) is 7.66. The molecule has 0 N–H and O–H groups in total. The van der Waals surface area contributed by atoms with Gasteiger partial charge in [-0.15, -0.1) is 0 Å². The Morgan fingerprint density at radius 2 is 1.38 bits per heavy atom. The van der Waals surface area contributed by atoms with Gasteiger partial charge in [0.25, 0.3) is 0 Å². The second kappa shape index (κ2) is 14.1. The molecule has 0 bridgehead atoms. The number of aromatic nitrogens is 2. The summed E-state index contributed by atoms with van der Waals surface area (Å²) < 4.78 is 0. The molecule has 2 fully saturated rings. The Kier molecular flexibility index (Phi) is 10.6. The van der Waals surface area contributed by atoms with Gasteiger partial charge in [-0.2, -0.15) is 5.26 Å². The lowest BCUT2D eigenvalue weighted by Crippen LogP contribution is -2.25. The van der Waals surface area contributed by atoms with Crippen LogP contribution in [0.15, 0.2) is 36.7 Å². The lowest BCUT2D eigenvalue weighted by molar-refractivity contribution is 0.224. The molecule has 2 saturated carbocycles. The first kappa shape index (κ1) is 27.8. The van der Waals surface area contributed by atoms with Crippen LogP contribution in [0.3, 0.4) is 0 Å². The van der Waals surface area contributed by atoms with E-state index in [0.29, 0.717) is 11.8 Å². The van der Waals surface area contributed by atoms with Gasteiger partial charge in [0, 0.05) is 18.0 Å². The van der Waals surface area contributed by atoms with Gasteiger partial charge in [0.1, 0.15) is 0 Å². The number of benzene rings is 1. The minimum Gasteiger partial charge on any atom is -0.236 e. The van der Waals surface area contributed by atoms with Crippen molar-refractivity contribution in [3.05, 3.63) is 47.8 Å². The van der Waals surface area contributed by atoms with Crippen molar-refractivity contribution in [3.8, 4) is 17.5 Å². The van der Waals surface area contributed by atoms with Gasteiger partial charge >= 0.3 is 0 Å². The van der Waals surface area contributed by atoms with Crippen molar-refractivity contribution in [3.63, 3.8) is 0 Å². The molecule has 2 aliphatic rings. The lowest BCUT2D eigenvalue weighted by atomic mass is 9.67. The molecule has 1 aromatic heterocycles. The number of hydrogen-bond donors (Lipinski definition) is 0. The number of rotatable bonds is 12. The minimum absolute atomic E-state index is 0.0739. The molecule has 2 aliphatic carbocycles. The van der Waals surface area contributed by atoms with Crippen LogP contribution in [-0.2, 0) is 0 Å². The molecule has 0 aliphatic heterocycles. The fourth-order valence-electron chi connectivity index (χ4n) is 6.86. The molecule has 1 heterocycles. The second-order valence-corrected chi connectivity index (χ2v) is 12.2. The van der Waals surface area contributed by atoms with E-state index in [0.717, 1.165) is 49.4 Å². The molecule has 4 rings (SSSR count). The van der Waals surface area contributed by atoms with Crippen LogP contribution < -0.4 is 0 Å². The third-order valence-electron chi connectivity index (χ3n) is 9.53. The normalized spacial score (nSPS) is 26.0. The minimum atomic E-state index is -0.0739. The van der Waals surface area contributed by atoms with E-state index in [1.807, 2.05) is 0 Å². The molecule has 0 amide bonds. The van der Waals surface area contributed by atoms with Crippen molar-refractivity contribution < 1.29 is 0 Å². The molecule has 2 aromatic rings. The van der Waals surface area contributed by atoms with Crippen molar-refractivity contribution in [2.45, 2.75) is 135 Å². The Morgan fingerprint density at radius 1 is 0.757 bits per heavy atom. The average molecular weight is 500 g/mol. The molecular formula is C34H49N3. The number of nitriles is 1. The van der Waals surface area contributed by atoms with Crippen LogP contribution in [0.25, 0.3) is 11.4 Å². The quantitative estimate of drug-likeness (QED) is 0.273. The summed E-state index contributed by atoms with van der Waals surface area (Å²) in [6, 6.07) is 11.6. The third-order valence-corrected chi connectivity index (χ3v) is 9.53. The zero-order chi connectivity index (χ0) is 25.9. The zero-order valence-corrected chi connectivity index (χ0v) is 23.6. The van der Waals surface area contributed by atoms with Crippen molar-refractivity contribution in [2.75, 3.05) is 0 Å². The second-order valence-electron chi connectivity index (χ2n) is 12.2. The van der Waals surface area contributed by atoms with E-state index in [9.17, 15) is 5.26 Å². The summed E-state index contributed by atoms with van der Waals surface area (Å²) in [6.45, 7) is 4.51. The molecule has 3 nitrogen and oxygen atoms in total. The fourth-order valence-corrected chi connectivity index (χ4v) is 6.86. The Labute approximate surface area is 226 Å². The van der Waals surface area contributed by atoms with Crippen molar-refractivity contribution in [2.24, 2.45) is 11.3 Å². The van der Waals surface area contributed by atoms with Gasteiger partial charge < -0.3 is 0 Å². The first-order valence-electron chi connectivity index (χ1n) is 15.5. The van der Waals surface area contributed by atoms with Gasteiger partial charge in [0.15, 0.2) is 5.82 Å². The monoisotopic (exact) mass is 499 g/mol. The van der Waals surface area contributed by atoms with Gasteiger partial charge in [0.05, 0.1) is 11.5 Å². The SMILES string of the molecule is CCCCCCC[C@H]1CC[C@H](c2cnc(-c3ccc([C@H]4CC[C@@](C#N)(CCCC)CC4)cc3)nc2)CC1. The largest absolute Gasteiger partial charge is 0.236 e. The number of nitrogens with zero attached hydrogens (tertiary/aromatic N) is 3. The Hall–Kier alpha value is -2.21. The first-order valence-corrected chi connectivity index (χ1v) is 15.5. The Morgan fingerprint density at radius 3 is 2.00 bits per heavy atom. The number of unbranched alkanes of at least 4 members (excludes halogenated alkanes) is 5. The van der Waals surface area contributed by atoms with E-state index in [1.54, 1.807) is 0 Å². The molecule has 0 unspecified atom stereocenters. The summed E-state index contributed by atoms with van der Waals surface area (Å²) in [5, 5.41) is 9.79. The van der Waals surface area contributed by atoms with E-state index in [2.05, 4.69) is 56.6 Å². The van der Waals surface area contributed by atoms with Crippen LogP contribution in [-0.4, -0.2) is 9.97 Å². The molecule has 37 heavy (non-hydrogen) atoms. The van der Waals surface area contributed by atoms with Crippen LogP contribution in [0, 0.1) is 22.7 Å². The molecule has 3 heteroatoms. The summed E-state index contributed by atoms with van der Waals surface area (Å²) in [4.78, 5) is 9.55. The smallest absolute Gasteiger partial charge is 0.159 e. The average Bonchev–Trinajstić information content (AvgIpc) is 2.97. The molecule has 0 saturated heterocycles. The molecule has 0 radical (unpaired) electrons. The summed E-state index contributed by atoms with van der Waals surface area (Å²) >= 11 is 0. The van der Waals surface area contributed by atoms with Crippen LogP contribution in [0.5, 0.6) is 0 Å². The van der Waals surface area contributed by atoms with E-state index in [-0.39, 0.29) is 5.41 Å². The standard InChI is InChI=1S/C34H49N3/c1-3-5-7-8-9-10-27-11-13-29(14-12-27)32-24-36-33(37-25-32)31-17-15-28(16-18-31)30-19-22-34(26-35,23-20-30)21-6-4-2/h15-18,24-25,27,29-30H,3-14,19-23H2,1-2H3/t27-,29-,30-,34-. The van der Waals surface area contributed by atoms with E-state index in [4.69, 9.17) is 9.97 Å². The summed E-state index contributed by atoms with van der Waals surface area (Å²) in [6.07, 6.45) is 25.7. The highest BCUT2D eigenvalue weighted by Crippen LogP contribution is 2.45. The molecular weight excluding hydrogens is 450 g/mol. The maximum atomic E-state index is 9.79. The molecule has 1 aromatic carbocycles. The summed E-state index contributed by atoms with van der Waals surface area (Å²) in [7, 11) is 0. The van der Waals surface area contributed by atoms with E-state index < -0.39 is 0 Å². The van der Waals surface area contributed by atoms with Gasteiger partial charge in [-0.3, -0.25) is 0 Å². The highest BCUT2D eigenvalue weighted by Gasteiger charge is 2.35. The summed E-state index contributed by atoms with van der Waals surface area (Å²) in [5.74, 6) is 2.99. The maximum absolute atomic E-state index is 9.79. The molecule has 0 atom stereocenters. The molecule has 200 valence electrons. The van der Waals surface area contributed by atoms with Crippen molar-refractivity contribution >= 4 is 0 Å². The van der Waals surface area contributed by atoms with Crippen LogP contribution >= 0.6 is 0 Å². The highest BCUT2D eigenvalue weighted by atomic mass is 14.9. The summed E-state index contributed by atoms with van der Waals surface area (Å²) in [5.41, 5.74) is 3.76. The van der Waals surface area contributed by atoms with Crippen LogP contribution in [0.4, 0.5) is 0 Å². The Balaban J connectivity index is 1.25. The van der Waals surface area contributed by atoms with Crippen molar-refractivity contribution in [1.82, 2.24) is 9.97 Å².